The topological polar surface area (TPSA) is 75.4 Å². The van der Waals surface area contributed by atoms with Crippen molar-refractivity contribution in [3.8, 4) is 0 Å². The van der Waals surface area contributed by atoms with Crippen molar-refractivity contribution in [3.63, 3.8) is 0 Å². The van der Waals surface area contributed by atoms with Gasteiger partial charge < -0.3 is 9.32 Å². The maximum atomic E-state index is 11.6. The number of amides is 2. The number of oxazole rings is 1. The van der Waals surface area contributed by atoms with Crippen molar-refractivity contribution in [3.05, 3.63) is 11.6 Å². The van der Waals surface area contributed by atoms with Crippen LogP contribution in [-0.2, 0) is 4.79 Å². The van der Waals surface area contributed by atoms with E-state index in [1.165, 1.54) is 11.8 Å². The fraction of sp³-hybridized carbons (Fsp3) is 0.444. The number of carbonyl (C=O) groups excluding carboxylic acids is 2. The van der Waals surface area contributed by atoms with Gasteiger partial charge in [-0.2, -0.15) is 0 Å². The Morgan fingerprint density at radius 1 is 1.40 bits per heavy atom. The summed E-state index contributed by atoms with van der Waals surface area (Å²) in [5.74, 6) is -0.183. The minimum absolute atomic E-state index is 0.0960. The Labute approximate surface area is 87.3 Å². The van der Waals surface area contributed by atoms with E-state index in [4.69, 9.17) is 4.42 Å². The highest BCUT2D eigenvalue weighted by Crippen LogP contribution is 2.17. The Balaban J connectivity index is 3.06. The molecule has 0 atom stereocenters. The SMILES string of the molecule is CC(=O)Nc1oc(C)nc1C(=O)N(C)C. The lowest BCUT2D eigenvalue weighted by Gasteiger charge is -2.08. The average Bonchev–Trinajstić information content (AvgIpc) is 2.44. The van der Waals surface area contributed by atoms with E-state index in [-0.39, 0.29) is 23.4 Å². The zero-order valence-electron chi connectivity index (χ0n) is 9.12. The first-order valence-electron chi connectivity index (χ1n) is 4.38. The predicted octanol–water partition coefficient (Wildman–Crippen LogP) is 0.643. The van der Waals surface area contributed by atoms with Gasteiger partial charge in [-0.1, -0.05) is 0 Å². The molecule has 1 heterocycles. The molecule has 0 aliphatic heterocycles. The smallest absolute Gasteiger partial charge is 0.277 e. The maximum absolute atomic E-state index is 11.6. The molecule has 15 heavy (non-hydrogen) atoms. The van der Waals surface area contributed by atoms with Gasteiger partial charge in [0.2, 0.25) is 11.8 Å². The number of aryl methyl sites for hydroxylation is 1. The second-order valence-electron chi connectivity index (χ2n) is 3.29. The molecule has 1 aromatic heterocycles. The Morgan fingerprint density at radius 3 is 2.47 bits per heavy atom. The summed E-state index contributed by atoms with van der Waals surface area (Å²) in [6.45, 7) is 2.94. The van der Waals surface area contributed by atoms with Gasteiger partial charge in [0.25, 0.3) is 5.91 Å². The van der Waals surface area contributed by atoms with Crippen LogP contribution in [0.4, 0.5) is 5.88 Å². The summed E-state index contributed by atoms with van der Waals surface area (Å²) >= 11 is 0. The van der Waals surface area contributed by atoms with Gasteiger partial charge in [-0.3, -0.25) is 14.9 Å². The van der Waals surface area contributed by atoms with Crippen molar-refractivity contribution in [2.75, 3.05) is 19.4 Å². The van der Waals surface area contributed by atoms with Gasteiger partial charge in [-0.15, -0.1) is 0 Å². The largest absolute Gasteiger partial charge is 0.424 e. The number of hydrogen-bond donors (Lipinski definition) is 1. The zero-order chi connectivity index (χ0) is 11.6. The molecule has 1 rings (SSSR count). The molecule has 2 amide bonds. The lowest BCUT2D eigenvalue weighted by molar-refractivity contribution is -0.114. The minimum Gasteiger partial charge on any atom is -0.424 e. The molecule has 0 radical (unpaired) electrons. The van der Waals surface area contributed by atoms with E-state index >= 15 is 0 Å². The molecule has 0 aliphatic rings. The third kappa shape index (κ3) is 2.55. The van der Waals surface area contributed by atoms with Gasteiger partial charge in [0.15, 0.2) is 11.6 Å². The van der Waals surface area contributed by atoms with E-state index in [0.717, 1.165) is 0 Å². The number of carbonyl (C=O) groups is 2. The highest BCUT2D eigenvalue weighted by Gasteiger charge is 2.20. The van der Waals surface area contributed by atoms with Crippen molar-refractivity contribution in [1.29, 1.82) is 0 Å². The van der Waals surface area contributed by atoms with Crippen molar-refractivity contribution in [1.82, 2.24) is 9.88 Å². The van der Waals surface area contributed by atoms with E-state index < -0.39 is 0 Å². The highest BCUT2D eigenvalue weighted by molar-refractivity contribution is 6.00. The molecule has 6 nitrogen and oxygen atoms in total. The van der Waals surface area contributed by atoms with Crippen LogP contribution in [0.2, 0.25) is 0 Å². The van der Waals surface area contributed by atoms with Crippen LogP contribution in [0.25, 0.3) is 0 Å². The van der Waals surface area contributed by atoms with Gasteiger partial charge in [0.05, 0.1) is 0 Å². The Bertz CT molecular complexity index is 395. The molecule has 82 valence electrons. The first-order chi connectivity index (χ1) is 6.91. The second kappa shape index (κ2) is 4.12. The lowest BCUT2D eigenvalue weighted by Crippen LogP contribution is -2.23. The van der Waals surface area contributed by atoms with Gasteiger partial charge in [-0.05, 0) is 0 Å². The molecule has 0 unspecified atom stereocenters. The molecule has 6 heteroatoms. The molecule has 0 saturated carbocycles. The predicted molar refractivity (Wildman–Crippen MR) is 53.6 cm³/mol. The average molecular weight is 211 g/mol. The molecule has 0 spiro atoms. The fourth-order valence-electron chi connectivity index (χ4n) is 1.03. The highest BCUT2D eigenvalue weighted by atomic mass is 16.4. The molecule has 1 aromatic rings. The van der Waals surface area contributed by atoms with Crippen LogP contribution in [0.1, 0.15) is 23.3 Å². The van der Waals surface area contributed by atoms with Gasteiger partial charge in [0, 0.05) is 27.9 Å². The monoisotopic (exact) mass is 211 g/mol. The van der Waals surface area contributed by atoms with Crippen molar-refractivity contribution in [2.24, 2.45) is 0 Å². The lowest BCUT2D eigenvalue weighted by atomic mass is 10.4. The van der Waals surface area contributed by atoms with Crippen LogP contribution < -0.4 is 5.32 Å². The molecular formula is C9H13N3O3. The van der Waals surface area contributed by atoms with E-state index in [2.05, 4.69) is 10.3 Å². The molecule has 0 fully saturated rings. The quantitative estimate of drug-likeness (QED) is 0.779. The third-order valence-corrected chi connectivity index (χ3v) is 1.63. The van der Waals surface area contributed by atoms with Crippen molar-refractivity contribution < 1.29 is 14.0 Å². The van der Waals surface area contributed by atoms with Gasteiger partial charge in [0.1, 0.15) is 0 Å². The van der Waals surface area contributed by atoms with Crippen LogP contribution >= 0.6 is 0 Å². The van der Waals surface area contributed by atoms with Gasteiger partial charge >= 0.3 is 0 Å². The van der Waals surface area contributed by atoms with Crippen LogP contribution in [0.15, 0.2) is 4.42 Å². The summed E-state index contributed by atoms with van der Waals surface area (Å²) in [7, 11) is 3.20. The third-order valence-electron chi connectivity index (χ3n) is 1.63. The Morgan fingerprint density at radius 2 is 2.00 bits per heavy atom. The summed E-state index contributed by atoms with van der Waals surface area (Å²) in [4.78, 5) is 27.7. The number of aromatic nitrogens is 1. The standard InChI is InChI=1S/C9H13N3O3/c1-5(13)10-8-7(9(14)12(3)4)11-6(2)15-8/h1-4H3,(H,10,13). The molecule has 0 saturated heterocycles. The minimum atomic E-state index is -0.310. The van der Waals surface area contributed by atoms with Crippen LogP contribution in [-0.4, -0.2) is 35.8 Å². The zero-order valence-corrected chi connectivity index (χ0v) is 9.12. The summed E-state index contributed by atoms with van der Waals surface area (Å²) in [5, 5.41) is 2.41. The number of nitrogens with one attached hydrogen (secondary N) is 1. The molecule has 0 aromatic carbocycles. The first-order valence-corrected chi connectivity index (χ1v) is 4.38. The van der Waals surface area contributed by atoms with Crippen LogP contribution in [0.3, 0.4) is 0 Å². The normalized spacial score (nSPS) is 9.87. The first kappa shape index (κ1) is 11.2. The Hall–Kier alpha value is -1.85. The molecule has 0 bridgehead atoms. The number of hydrogen-bond acceptors (Lipinski definition) is 4. The Kier molecular flexibility index (Phi) is 3.08. The fourth-order valence-corrected chi connectivity index (χ4v) is 1.03. The van der Waals surface area contributed by atoms with E-state index in [9.17, 15) is 9.59 Å². The van der Waals surface area contributed by atoms with E-state index in [0.29, 0.717) is 5.89 Å². The van der Waals surface area contributed by atoms with Crippen LogP contribution in [0.5, 0.6) is 0 Å². The molecular weight excluding hydrogens is 198 g/mol. The van der Waals surface area contributed by atoms with Gasteiger partial charge in [-0.25, -0.2) is 4.98 Å². The van der Waals surface area contributed by atoms with Crippen LogP contribution in [0, 0.1) is 6.92 Å². The maximum Gasteiger partial charge on any atom is 0.277 e. The summed E-state index contributed by atoms with van der Waals surface area (Å²) in [5.41, 5.74) is 0.118. The summed E-state index contributed by atoms with van der Waals surface area (Å²) < 4.78 is 5.11. The number of anilines is 1. The van der Waals surface area contributed by atoms with E-state index in [1.54, 1.807) is 21.0 Å². The second-order valence-corrected chi connectivity index (χ2v) is 3.29. The molecule has 1 N–H and O–H groups in total. The number of nitrogens with zero attached hydrogens (tertiary/aromatic N) is 2. The van der Waals surface area contributed by atoms with Crippen molar-refractivity contribution in [2.45, 2.75) is 13.8 Å². The summed E-state index contributed by atoms with van der Waals surface area (Å²) in [6.07, 6.45) is 0. The van der Waals surface area contributed by atoms with E-state index in [1.807, 2.05) is 0 Å². The summed E-state index contributed by atoms with van der Waals surface area (Å²) in [6, 6.07) is 0. The van der Waals surface area contributed by atoms with Crippen molar-refractivity contribution >= 4 is 17.7 Å². The molecule has 0 aliphatic carbocycles. The number of rotatable bonds is 2.